The number of nitrogens with zero attached hydrogens (tertiary/aromatic N) is 1. The van der Waals surface area contributed by atoms with Crippen LogP contribution >= 0.6 is 0 Å². The molecule has 2 aromatic rings. The van der Waals surface area contributed by atoms with Gasteiger partial charge in [-0.2, -0.15) is 0 Å². The summed E-state index contributed by atoms with van der Waals surface area (Å²) in [6.45, 7) is 1.61. The maximum Gasteiger partial charge on any atom is 0.411 e. The van der Waals surface area contributed by atoms with Crippen molar-refractivity contribution < 1.29 is 23.5 Å². The summed E-state index contributed by atoms with van der Waals surface area (Å²) < 4.78 is 26.4. The Balaban J connectivity index is 1.27. The summed E-state index contributed by atoms with van der Waals surface area (Å²) in [5.41, 5.74) is 1.93. The fourth-order valence-electron chi connectivity index (χ4n) is 5.17. The van der Waals surface area contributed by atoms with Gasteiger partial charge in [-0.3, -0.25) is 10.1 Å². The van der Waals surface area contributed by atoms with E-state index in [1.165, 1.54) is 0 Å². The minimum atomic E-state index is -1.49. The van der Waals surface area contributed by atoms with E-state index < -0.39 is 11.8 Å². The van der Waals surface area contributed by atoms with Crippen LogP contribution in [-0.2, 0) is 15.1 Å². The van der Waals surface area contributed by atoms with Crippen LogP contribution in [0.15, 0.2) is 42.5 Å². The molecular formula is C29H31FN2O4. The summed E-state index contributed by atoms with van der Waals surface area (Å²) >= 11 is 0. The van der Waals surface area contributed by atoms with E-state index in [0.717, 1.165) is 24.8 Å². The molecule has 2 heterocycles. The molecule has 0 spiro atoms. The Morgan fingerprint density at radius 1 is 1.11 bits per heavy atom. The van der Waals surface area contributed by atoms with Gasteiger partial charge in [0.25, 0.3) is 5.91 Å². The first-order valence-corrected chi connectivity index (χ1v) is 12.7. The van der Waals surface area contributed by atoms with Crippen LogP contribution in [0.5, 0.6) is 0 Å². The second kappa shape index (κ2) is 10.3. The number of likely N-dealkylation sites (tertiary alicyclic amines) is 1. The highest BCUT2D eigenvalue weighted by Gasteiger charge is 2.38. The van der Waals surface area contributed by atoms with Crippen LogP contribution in [0, 0.1) is 12.3 Å². The maximum absolute atomic E-state index is 15.7. The van der Waals surface area contributed by atoms with E-state index >= 15 is 4.39 Å². The number of nitrogens with one attached hydrogen (secondary N) is 1. The lowest BCUT2D eigenvalue weighted by Crippen LogP contribution is -2.43. The standard InChI is InChI=1S/C29H31FN2O4/c1-2-20-6-9-23(10-7-20)29(30)13-15-32(16-14-29)27(33)22-8-11-25(21-4-3-5-21)26(18-22)31-28(34)36-24-12-17-35-19-24/h1,6-11,18,21,24H,3-5,12-17,19H2,(H,31,34)/t24-/m0/s1. The number of anilines is 1. The Morgan fingerprint density at radius 2 is 1.86 bits per heavy atom. The molecule has 6 nitrogen and oxygen atoms in total. The predicted molar refractivity (Wildman–Crippen MR) is 135 cm³/mol. The van der Waals surface area contributed by atoms with Gasteiger partial charge in [0.2, 0.25) is 0 Å². The minimum Gasteiger partial charge on any atom is -0.443 e. The largest absolute Gasteiger partial charge is 0.443 e. The highest BCUT2D eigenvalue weighted by molar-refractivity contribution is 5.97. The zero-order valence-corrected chi connectivity index (χ0v) is 20.3. The topological polar surface area (TPSA) is 67.9 Å². The van der Waals surface area contributed by atoms with Gasteiger partial charge in [-0.15, -0.1) is 6.42 Å². The molecule has 2 aromatic carbocycles. The van der Waals surface area contributed by atoms with Crippen LogP contribution in [-0.4, -0.2) is 49.3 Å². The van der Waals surface area contributed by atoms with Gasteiger partial charge >= 0.3 is 6.09 Å². The Labute approximate surface area is 211 Å². The van der Waals surface area contributed by atoms with Gasteiger partial charge in [-0.05, 0) is 54.2 Å². The van der Waals surface area contributed by atoms with Crippen molar-refractivity contribution in [1.29, 1.82) is 0 Å². The lowest BCUT2D eigenvalue weighted by atomic mass is 9.79. The van der Waals surface area contributed by atoms with Crippen molar-refractivity contribution in [2.45, 2.75) is 56.2 Å². The molecule has 0 aromatic heterocycles. The molecule has 5 rings (SSSR count). The van der Waals surface area contributed by atoms with E-state index in [0.29, 0.717) is 61.0 Å². The Bertz CT molecular complexity index is 1150. The lowest BCUT2D eigenvalue weighted by molar-refractivity contribution is 0.0421. The molecule has 2 aliphatic heterocycles. The fraction of sp³-hybridized carbons (Fsp3) is 0.448. The number of hydrogen-bond donors (Lipinski definition) is 1. The van der Waals surface area contributed by atoms with Gasteiger partial charge in [0.05, 0.1) is 13.2 Å². The number of amides is 2. The average Bonchev–Trinajstić information content (AvgIpc) is 3.37. The number of carbonyl (C=O) groups excluding carboxylic acids is 2. The zero-order valence-electron chi connectivity index (χ0n) is 20.3. The van der Waals surface area contributed by atoms with Crippen molar-refractivity contribution in [1.82, 2.24) is 4.90 Å². The van der Waals surface area contributed by atoms with Crippen LogP contribution in [0.1, 0.15) is 71.5 Å². The molecule has 2 saturated heterocycles. The minimum absolute atomic E-state index is 0.166. The smallest absolute Gasteiger partial charge is 0.411 e. The molecule has 1 saturated carbocycles. The Morgan fingerprint density at radius 3 is 2.47 bits per heavy atom. The molecule has 2 amide bonds. The number of carbonyl (C=O) groups is 2. The highest BCUT2D eigenvalue weighted by atomic mass is 19.1. The third-order valence-electron chi connectivity index (χ3n) is 7.66. The maximum atomic E-state index is 15.7. The number of halogens is 1. The summed E-state index contributed by atoms with van der Waals surface area (Å²) in [6, 6.07) is 12.4. The van der Waals surface area contributed by atoms with Crippen LogP contribution in [0.3, 0.4) is 0 Å². The first-order chi connectivity index (χ1) is 17.4. The van der Waals surface area contributed by atoms with Crippen LogP contribution in [0.25, 0.3) is 0 Å². The number of hydrogen-bond acceptors (Lipinski definition) is 4. The Kier molecular flexibility index (Phi) is 6.97. The van der Waals surface area contributed by atoms with Crippen LogP contribution in [0.2, 0.25) is 0 Å². The molecule has 3 fully saturated rings. The van der Waals surface area contributed by atoms with E-state index in [1.807, 2.05) is 12.1 Å². The van der Waals surface area contributed by atoms with Gasteiger partial charge < -0.3 is 14.4 Å². The molecule has 1 atom stereocenters. The van der Waals surface area contributed by atoms with Crippen molar-refractivity contribution in [2.75, 3.05) is 31.6 Å². The van der Waals surface area contributed by atoms with E-state index in [1.54, 1.807) is 35.2 Å². The van der Waals surface area contributed by atoms with E-state index in [4.69, 9.17) is 15.9 Å². The molecule has 0 unspecified atom stereocenters. The lowest BCUT2D eigenvalue weighted by Gasteiger charge is -2.37. The molecule has 188 valence electrons. The fourth-order valence-corrected chi connectivity index (χ4v) is 5.17. The summed E-state index contributed by atoms with van der Waals surface area (Å²) in [5, 5.41) is 2.87. The molecule has 0 radical (unpaired) electrons. The summed E-state index contributed by atoms with van der Waals surface area (Å²) in [6.07, 6.45) is 9.00. The van der Waals surface area contributed by atoms with Crippen LogP contribution < -0.4 is 5.32 Å². The number of alkyl halides is 1. The van der Waals surface area contributed by atoms with E-state index in [9.17, 15) is 9.59 Å². The van der Waals surface area contributed by atoms with Crippen molar-refractivity contribution in [3.05, 3.63) is 64.7 Å². The van der Waals surface area contributed by atoms with Gasteiger partial charge in [0.15, 0.2) is 0 Å². The van der Waals surface area contributed by atoms with Gasteiger partial charge in [-0.25, -0.2) is 9.18 Å². The molecule has 0 bridgehead atoms. The molecule has 7 heteroatoms. The van der Waals surface area contributed by atoms with E-state index in [-0.39, 0.29) is 24.9 Å². The molecule has 1 N–H and O–H groups in total. The average molecular weight is 491 g/mol. The second-order valence-electron chi connectivity index (χ2n) is 9.92. The highest BCUT2D eigenvalue weighted by Crippen LogP contribution is 2.41. The van der Waals surface area contributed by atoms with E-state index in [2.05, 4.69) is 11.2 Å². The van der Waals surface area contributed by atoms with Crippen molar-refractivity contribution >= 4 is 17.7 Å². The first-order valence-electron chi connectivity index (χ1n) is 12.7. The predicted octanol–water partition coefficient (Wildman–Crippen LogP) is 5.37. The van der Waals surface area contributed by atoms with Gasteiger partial charge in [-0.1, -0.05) is 30.5 Å². The summed E-state index contributed by atoms with van der Waals surface area (Å²) in [5.74, 6) is 2.74. The summed E-state index contributed by atoms with van der Waals surface area (Å²) in [4.78, 5) is 27.6. The Hall–Kier alpha value is -3.37. The number of ether oxygens (including phenoxy) is 2. The molecule has 1 aliphatic carbocycles. The monoisotopic (exact) mass is 490 g/mol. The normalized spacial score (nSPS) is 21.3. The summed E-state index contributed by atoms with van der Waals surface area (Å²) in [7, 11) is 0. The number of benzene rings is 2. The quantitative estimate of drug-likeness (QED) is 0.572. The number of rotatable bonds is 5. The third-order valence-corrected chi connectivity index (χ3v) is 7.66. The molecule has 36 heavy (non-hydrogen) atoms. The molecular weight excluding hydrogens is 459 g/mol. The third kappa shape index (κ3) is 5.10. The first kappa shape index (κ1) is 24.3. The van der Waals surface area contributed by atoms with Crippen molar-refractivity contribution in [3.63, 3.8) is 0 Å². The SMILES string of the molecule is C#Cc1ccc(C2(F)CCN(C(=O)c3ccc(C4CCC4)c(NC(=O)O[C@H]4CCOC4)c3)CC2)cc1. The second-order valence-corrected chi connectivity index (χ2v) is 9.92. The number of terminal acetylenes is 1. The zero-order chi connectivity index (χ0) is 25.1. The molecule has 3 aliphatic rings. The van der Waals surface area contributed by atoms with Gasteiger partial charge in [0, 0.05) is 49.2 Å². The van der Waals surface area contributed by atoms with Crippen molar-refractivity contribution in [2.24, 2.45) is 0 Å². The number of piperidine rings is 1. The van der Waals surface area contributed by atoms with Crippen LogP contribution in [0.4, 0.5) is 14.9 Å². The van der Waals surface area contributed by atoms with Crippen molar-refractivity contribution in [3.8, 4) is 12.3 Å². The van der Waals surface area contributed by atoms with Gasteiger partial charge in [0.1, 0.15) is 11.8 Å².